The fourth-order valence-electron chi connectivity index (χ4n) is 0. The predicted octanol–water partition coefficient (Wildman–Crippen LogP) is -2.01. The van der Waals surface area contributed by atoms with E-state index in [0.717, 1.165) is 0 Å². The van der Waals surface area contributed by atoms with Gasteiger partial charge in [-0.25, -0.2) is 4.57 Å². The van der Waals surface area contributed by atoms with Crippen LogP contribution in [0.1, 0.15) is 0 Å². The summed E-state index contributed by atoms with van der Waals surface area (Å²) >= 11 is 0. The normalized spacial score (nSPS) is 8.75. The Bertz CT molecular complexity index is 80.1. The van der Waals surface area contributed by atoms with Gasteiger partial charge in [0, 0.05) is 22.4 Å². The molecule has 0 aromatic carbocycles. The molecular weight excluding hydrogens is 226 g/mol. The minimum Gasteiger partial charge on any atom is -0.362 e. The molecule has 0 atom stereocenters. The van der Waals surface area contributed by atoms with Crippen molar-refractivity contribution in [2.24, 2.45) is 0 Å². The summed E-state index contributed by atoms with van der Waals surface area (Å²) in [4.78, 5) is 15.2. The van der Waals surface area contributed by atoms with E-state index in [9.17, 15) is 4.57 Å². The van der Waals surface area contributed by atoms with Crippen molar-refractivity contribution < 1.29 is 41.2 Å². The molecule has 0 aliphatic carbocycles. The Morgan fingerprint density at radius 3 is 1.62 bits per heavy atom. The van der Waals surface area contributed by atoms with Crippen molar-refractivity contribution in [3.8, 4) is 0 Å². The van der Waals surface area contributed by atoms with Crippen LogP contribution in [0.15, 0.2) is 0 Å². The van der Waals surface area contributed by atoms with Crippen molar-refractivity contribution in [3.63, 3.8) is 0 Å². The van der Waals surface area contributed by atoms with E-state index >= 15 is 0 Å². The number of rotatable bonds is 1. The summed E-state index contributed by atoms with van der Waals surface area (Å²) in [5, 5.41) is 0. The molecule has 0 bridgehead atoms. The van der Waals surface area contributed by atoms with Crippen LogP contribution in [0.25, 0.3) is 0 Å². The zero-order valence-corrected chi connectivity index (χ0v) is 6.28. The van der Waals surface area contributed by atoms with Crippen LogP contribution < -0.4 is 0 Å². The molecule has 0 aromatic heterocycles. The largest absolute Gasteiger partial charge is 0.454 e. The number of hydrogen-bond donors (Lipinski definition) is 2. The van der Waals surface area contributed by atoms with Crippen LogP contribution >= 0.6 is 7.82 Å². The maximum absolute atomic E-state index is 9.35. The first-order chi connectivity index (χ1) is 2.56. The van der Waals surface area contributed by atoms with Gasteiger partial charge in [-0.05, 0) is 0 Å². The van der Waals surface area contributed by atoms with Gasteiger partial charge in [0.15, 0.2) is 17.4 Å². The van der Waals surface area contributed by atoms with E-state index in [2.05, 4.69) is 12.5 Å². The quantitative estimate of drug-likeness (QED) is 0.404. The molecule has 0 aromatic rings. The van der Waals surface area contributed by atoms with Crippen LogP contribution in [-0.4, -0.2) is 35.2 Å². The molecule has 0 saturated carbocycles. The molecule has 0 aliphatic rings. The average Bonchev–Trinajstić information content (AvgIpc) is 1.35. The first-order valence-electron chi connectivity index (χ1n) is 1.00. The average molecular weight is 231 g/mol. The summed E-state index contributed by atoms with van der Waals surface area (Å²) in [5.41, 5.74) is 0. The van der Waals surface area contributed by atoms with Gasteiger partial charge in [0.25, 0.3) is 8.05 Å². The third-order valence-electron chi connectivity index (χ3n) is 0.137. The molecule has 4 nitrogen and oxygen atoms in total. The van der Waals surface area contributed by atoms with Crippen molar-refractivity contribution in [3.05, 3.63) is 0 Å². The van der Waals surface area contributed by atoms with E-state index in [1.807, 2.05) is 0 Å². The fourth-order valence-corrected chi connectivity index (χ4v) is 0. The monoisotopic (exact) mass is 231 g/mol. The number of hydrogen-bond acceptors (Lipinski definition) is 2. The number of phosphoric acid groups is 1. The minimum absolute atomic E-state index is 0. The van der Waals surface area contributed by atoms with Crippen LogP contribution in [0, 0.1) is 0 Å². The Morgan fingerprint density at radius 1 is 1.50 bits per heavy atom. The first-order valence-corrected chi connectivity index (χ1v) is 2.53. The fraction of sp³-hybridized carbons (Fsp3) is 0. The Balaban J connectivity index is -0.000000125. The van der Waals surface area contributed by atoms with Gasteiger partial charge in [-0.15, -0.1) is 0 Å². The molecule has 0 spiro atoms. The van der Waals surface area contributed by atoms with E-state index in [4.69, 9.17) is 9.79 Å². The van der Waals surface area contributed by atoms with Crippen molar-refractivity contribution in [2.75, 3.05) is 0 Å². The summed E-state index contributed by atoms with van der Waals surface area (Å²) in [6.45, 7) is 0. The standard InChI is InChI=1S/Al.BH2O4P.Nb.3H/c;1-5-6(2,3)4;;;;/h;(H2,2,3,4);;;;. The van der Waals surface area contributed by atoms with Crippen molar-refractivity contribution >= 4 is 33.2 Å². The van der Waals surface area contributed by atoms with E-state index in [1.54, 1.807) is 0 Å². The molecule has 8 heteroatoms. The van der Waals surface area contributed by atoms with Crippen LogP contribution in [0.4, 0.5) is 0 Å². The molecule has 0 saturated heterocycles. The maximum Gasteiger partial charge on any atom is 0.454 e. The maximum atomic E-state index is 9.35. The van der Waals surface area contributed by atoms with Crippen LogP contribution in [0.3, 0.4) is 0 Å². The predicted molar refractivity (Wildman–Crippen MR) is 28.8 cm³/mol. The first kappa shape index (κ1) is 16.2. The van der Waals surface area contributed by atoms with E-state index in [-0.39, 0.29) is 39.7 Å². The van der Waals surface area contributed by atoms with E-state index in [0.29, 0.717) is 0 Å². The van der Waals surface area contributed by atoms with Crippen molar-refractivity contribution in [1.29, 1.82) is 0 Å². The van der Waals surface area contributed by atoms with E-state index < -0.39 is 7.82 Å². The van der Waals surface area contributed by atoms with Crippen molar-refractivity contribution in [1.82, 2.24) is 0 Å². The molecular formula is H5AlBNbO4P. The minimum atomic E-state index is -4.37. The smallest absolute Gasteiger partial charge is 0.362 e. The zero-order valence-electron chi connectivity index (χ0n) is 3.18. The van der Waals surface area contributed by atoms with Gasteiger partial charge in [0.1, 0.15) is 0 Å². The molecule has 8 heavy (non-hydrogen) atoms. The molecule has 0 amide bonds. The van der Waals surface area contributed by atoms with Crippen LogP contribution in [0.5, 0.6) is 0 Å². The molecule has 0 unspecified atom stereocenters. The van der Waals surface area contributed by atoms with Gasteiger partial charge in [-0.1, -0.05) is 0 Å². The van der Waals surface area contributed by atoms with Gasteiger partial charge in [-0.2, -0.15) is 0 Å². The van der Waals surface area contributed by atoms with Crippen LogP contribution in [0.2, 0.25) is 0 Å². The third-order valence-corrected chi connectivity index (χ3v) is 0.412. The van der Waals surface area contributed by atoms with E-state index in [1.165, 1.54) is 0 Å². The summed E-state index contributed by atoms with van der Waals surface area (Å²) < 4.78 is 12.5. The molecule has 0 fully saturated rings. The van der Waals surface area contributed by atoms with Crippen molar-refractivity contribution in [2.45, 2.75) is 0 Å². The topological polar surface area (TPSA) is 66.8 Å². The summed E-state index contributed by atoms with van der Waals surface area (Å²) in [6, 6.07) is 0. The third kappa shape index (κ3) is 15.7. The van der Waals surface area contributed by atoms with Crippen LogP contribution in [-0.2, 0) is 31.4 Å². The Kier molecular flexibility index (Phi) is 13.3. The SMILES string of the molecule is [AlH3].[B]OP(=O)(O)O.[Nb]. The summed E-state index contributed by atoms with van der Waals surface area (Å²) in [6.07, 6.45) is 0. The van der Waals surface area contributed by atoms with Gasteiger partial charge in [0.2, 0.25) is 0 Å². The molecule has 45 valence electrons. The van der Waals surface area contributed by atoms with Gasteiger partial charge in [-0.3, -0.25) is 0 Å². The van der Waals surface area contributed by atoms with Gasteiger partial charge in [0.05, 0.1) is 0 Å². The molecule has 0 heterocycles. The molecule has 0 aliphatic heterocycles. The Labute approximate surface area is 74.3 Å². The molecule has 3 radical (unpaired) electrons. The Morgan fingerprint density at radius 2 is 1.62 bits per heavy atom. The summed E-state index contributed by atoms with van der Waals surface area (Å²) in [5.74, 6) is 0. The Hall–Kier alpha value is 1.45. The second kappa shape index (κ2) is 6.57. The second-order valence-electron chi connectivity index (χ2n) is 0.596. The van der Waals surface area contributed by atoms with Gasteiger partial charge >= 0.3 is 7.82 Å². The molecule has 0 rings (SSSR count). The zero-order chi connectivity index (χ0) is 5.21. The molecule has 2 N–H and O–H groups in total. The summed E-state index contributed by atoms with van der Waals surface area (Å²) in [7, 11) is -0.326. The van der Waals surface area contributed by atoms with Gasteiger partial charge < -0.3 is 14.2 Å². The second-order valence-corrected chi connectivity index (χ2v) is 1.79.